The van der Waals surface area contributed by atoms with E-state index in [0.29, 0.717) is 0 Å². The molecular weight excluding hydrogens is 612 g/mol. The third-order valence-electron chi connectivity index (χ3n) is 8.58. The highest BCUT2D eigenvalue weighted by Gasteiger charge is 2.64. The fourth-order valence-electron chi connectivity index (χ4n) is 6.55. The molecule has 1 fully saturated rings. The summed E-state index contributed by atoms with van der Waals surface area (Å²) < 4.78 is 28.6. The largest absolute Gasteiger partial charge is 0.459 e. The minimum Gasteiger partial charge on any atom is -0.459 e. The summed E-state index contributed by atoms with van der Waals surface area (Å²) in [7, 11) is 0. The van der Waals surface area contributed by atoms with Crippen LogP contribution in [0.25, 0.3) is 0 Å². The zero-order chi connectivity index (χ0) is 35.4. The predicted molar refractivity (Wildman–Crippen MR) is 166 cm³/mol. The Kier molecular flexibility index (Phi) is 11.6. The molecule has 1 N–H and O–H groups in total. The Morgan fingerprint density at radius 2 is 1.30 bits per heavy atom. The Morgan fingerprint density at radius 1 is 0.787 bits per heavy atom. The van der Waals surface area contributed by atoms with Gasteiger partial charge in [-0.2, -0.15) is 0 Å². The summed E-state index contributed by atoms with van der Waals surface area (Å²) in [5, 5.41) is 12.8. The molecule has 0 amide bonds. The second-order valence-corrected chi connectivity index (χ2v) is 12.9. The quantitative estimate of drug-likeness (QED) is 0.268. The van der Waals surface area contributed by atoms with Crippen LogP contribution in [0, 0.1) is 23.2 Å². The number of carbonyl (C=O) groups excluding carboxylic acids is 6. The number of aliphatic hydroxyl groups is 1. The minimum atomic E-state index is -2.05. The summed E-state index contributed by atoms with van der Waals surface area (Å²) in [6, 6.07) is 8.09. The Hall–Kier alpha value is -4.32. The smallest absolute Gasteiger partial charge is 0.338 e. The molecule has 0 bridgehead atoms. The molecule has 2 aliphatic carbocycles. The molecule has 9 atom stereocenters. The van der Waals surface area contributed by atoms with Gasteiger partial charge in [0.25, 0.3) is 0 Å². The van der Waals surface area contributed by atoms with Gasteiger partial charge in [0.15, 0.2) is 11.9 Å². The number of esters is 5. The van der Waals surface area contributed by atoms with Crippen molar-refractivity contribution in [2.75, 3.05) is 0 Å². The third-order valence-corrected chi connectivity index (χ3v) is 8.58. The molecule has 0 aromatic heterocycles. The number of hydrogen-bond acceptors (Lipinski definition) is 12. The van der Waals surface area contributed by atoms with Crippen molar-refractivity contribution in [3.63, 3.8) is 0 Å². The van der Waals surface area contributed by atoms with Crippen molar-refractivity contribution >= 4 is 35.6 Å². The van der Waals surface area contributed by atoms with Crippen LogP contribution in [0.1, 0.15) is 72.2 Å². The van der Waals surface area contributed by atoms with Crippen LogP contribution in [0.3, 0.4) is 0 Å². The van der Waals surface area contributed by atoms with Crippen LogP contribution in [0.2, 0.25) is 0 Å². The Bertz CT molecular complexity index is 1430. The highest BCUT2D eigenvalue weighted by molar-refractivity contribution is 5.93. The maximum Gasteiger partial charge on any atom is 0.338 e. The molecule has 0 unspecified atom stereocenters. The molecule has 12 nitrogen and oxygen atoms in total. The molecule has 1 saturated carbocycles. The van der Waals surface area contributed by atoms with Gasteiger partial charge in [-0.15, -0.1) is 0 Å². The molecule has 0 radical (unpaired) electrons. The summed E-state index contributed by atoms with van der Waals surface area (Å²) in [6.07, 6.45) is -4.58. The first-order valence-corrected chi connectivity index (χ1v) is 15.4. The molecule has 3 rings (SSSR count). The molecule has 12 heteroatoms. The van der Waals surface area contributed by atoms with Gasteiger partial charge in [0.05, 0.1) is 11.5 Å². The SMILES string of the molecule is C=C1[C@H](OC(C)=O)[C@H]2[C@@H](OC(=O)c3ccccc3)[C@@H](C)C[C@]2(O)[C@@H](OC(C)=O)[C@H](C)/C=C/C(C)(C)C(=O)[C@H](OC(C)=O)[C@H]1OC(C)=O. The summed E-state index contributed by atoms with van der Waals surface area (Å²) in [6.45, 7) is 15.0. The second kappa shape index (κ2) is 14.6. The van der Waals surface area contributed by atoms with Crippen molar-refractivity contribution in [1.82, 2.24) is 0 Å². The lowest BCUT2D eigenvalue weighted by molar-refractivity contribution is -0.192. The van der Waals surface area contributed by atoms with Crippen molar-refractivity contribution in [3.8, 4) is 0 Å². The molecule has 0 aliphatic heterocycles. The average molecular weight is 657 g/mol. The van der Waals surface area contributed by atoms with Crippen LogP contribution in [-0.2, 0) is 47.7 Å². The van der Waals surface area contributed by atoms with Gasteiger partial charge in [-0.3, -0.25) is 24.0 Å². The Morgan fingerprint density at radius 3 is 1.83 bits per heavy atom. The molecular formula is C35H44O12. The van der Waals surface area contributed by atoms with Crippen molar-refractivity contribution in [2.45, 2.75) is 97.9 Å². The number of fused-ring (bicyclic) bond motifs is 1. The van der Waals surface area contributed by atoms with E-state index in [9.17, 15) is 33.9 Å². The summed E-state index contributed by atoms with van der Waals surface area (Å²) in [5.74, 6) is -7.51. The molecule has 256 valence electrons. The first kappa shape index (κ1) is 37.1. The van der Waals surface area contributed by atoms with Crippen LogP contribution >= 0.6 is 0 Å². The van der Waals surface area contributed by atoms with E-state index in [2.05, 4.69) is 6.58 Å². The number of rotatable bonds is 6. The second-order valence-electron chi connectivity index (χ2n) is 12.9. The van der Waals surface area contributed by atoms with E-state index in [1.54, 1.807) is 64.1 Å². The highest BCUT2D eigenvalue weighted by atomic mass is 16.6. The van der Waals surface area contributed by atoms with Gasteiger partial charge in [-0.1, -0.05) is 50.8 Å². The summed E-state index contributed by atoms with van der Waals surface area (Å²) in [5.41, 5.74) is -3.44. The van der Waals surface area contributed by atoms with E-state index in [1.807, 2.05) is 0 Å². The van der Waals surface area contributed by atoms with Gasteiger partial charge < -0.3 is 28.8 Å². The molecule has 1 aromatic rings. The van der Waals surface area contributed by atoms with E-state index in [0.717, 1.165) is 20.8 Å². The van der Waals surface area contributed by atoms with E-state index in [-0.39, 0.29) is 17.6 Å². The number of ketones is 1. The third kappa shape index (κ3) is 8.34. The fraction of sp³-hybridized carbons (Fsp3) is 0.543. The van der Waals surface area contributed by atoms with E-state index < -0.39 is 94.9 Å². The van der Waals surface area contributed by atoms with Gasteiger partial charge in [0.1, 0.15) is 23.9 Å². The number of allylic oxidation sites excluding steroid dienone is 1. The molecule has 0 heterocycles. The van der Waals surface area contributed by atoms with Crippen molar-refractivity contribution < 1.29 is 57.6 Å². The highest BCUT2D eigenvalue weighted by Crippen LogP contribution is 2.51. The minimum absolute atomic E-state index is 0.0977. The predicted octanol–water partition coefficient (Wildman–Crippen LogP) is 3.68. The monoisotopic (exact) mass is 656 g/mol. The molecule has 1 aromatic carbocycles. The fourth-order valence-corrected chi connectivity index (χ4v) is 6.55. The van der Waals surface area contributed by atoms with Gasteiger partial charge in [-0.05, 0) is 38.3 Å². The normalized spacial score (nSPS) is 32.8. The lowest BCUT2D eigenvalue weighted by Crippen LogP contribution is -2.59. The number of benzene rings is 1. The lowest BCUT2D eigenvalue weighted by atomic mass is 9.72. The van der Waals surface area contributed by atoms with Gasteiger partial charge >= 0.3 is 29.8 Å². The van der Waals surface area contributed by atoms with E-state index >= 15 is 0 Å². The Balaban J connectivity index is 2.39. The van der Waals surface area contributed by atoms with Crippen molar-refractivity contribution in [2.24, 2.45) is 23.2 Å². The number of ether oxygens (including phenoxy) is 5. The summed E-state index contributed by atoms with van der Waals surface area (Å²) in [4.78, 5) is 77.6. The van der Waals surface area contributed by atoms with Gasteiger partial charge in [0.2, 0.25) is 6.10 Å². The van der Waals surface area contributed by atoms with E-state index in [4.69, 9.17) is 23.7 Å². The molecule has 0 spiro atoms. The summed E-state index contributed by atoms with van der Waals surface area (Å²) >= 11 is 0. The van der Waals surface area contributed by atoms with Crippen LogP contribution in [0.15, 0.2) is 54.6 Å². The van der Waals surface area contributed by atoms with Crippen LogP contribution in [-0.4, -0.2) is 76.9 Å². The number of hydrogen-bond donors (Lipinski definition) is 1. The first-order valence-electron chi connectivity index (χ1n) is 15.4. The van der Waals surface area contributed by atoms with Crippen molar-refractivity contribution in [3.05, 3.63) is 60.2 Å². The topological polar surface area (TPSA) is 169 Å². The molecule has 47 heavy (non-hydrogen) atoms. The van der Waals surface area contributed by atoms with Crippen LogP contribution in [0.4, 0.5) is 0 Å². The first-order chi connectivity index (χ1) is 21.8. The average Bonchev–Trinajstić information content (AvgIpc) is 3.22. The zero-order valence-corrected chi connectivity index (χ0v) is 28.0. The van der Waals surface area contributed by atoms with E-state index in [1.165, 1.54) is 13.0 Å². The number of Topliss-reactive ketones (excluding diaryl/α,β-unsaturated/α-hetero) is 1. The maximum absolute atomic E-state index is 14.1. The molecule has 2 aliphatic rings. The van der Waals surface area contributed by atoms with Crippen molar-refractivity contribution in [1.29, 1.82) is 0 Å². The van der Waals surface area contributed by atoms with Gasteiger partial charge in [0, 0.05) is 44.6 Å². The number of carbonyl (C=O) groups is 6. The standard InChI is InChI=1S/C35H44O12/c1-18-15-16-34(8,9)31(40)30(45-23(6)38)29(44-22(5)37)20(3)28(43-21(4)36)26-27(47-33(41)25-13-11-10-12-14-25)19(2)17-35(26,42)32(18)46-24(7)39/h10-16,18-19,26-30,32,42H,3,17H2,1-2,4-9H3/b16-15+/t18-,19+,26-,27+,28+,29+,30-,32+,35-/m1/s1. The Labute approximate surface area is 274 Å². The lowest BCUT2D eigenvalue weighted by Gasteiger charge is -2.45. The van der Waals surface area contributed by atoms with Crippen LogP contribution in [0.5, 0.6) is 0 Å². The molecule has 0 saturated heterocycles. The van der Waals surface area contributed by atoms with Gasteiger partial charge in [-0.25, -0.2) is 4.79 Å². The van der Waals surface area contributed by atoms with Crippen LogP contribution < -0.4 is 0 Å². The maximum atomic E-state index is 14.1. The zero-order valence-electron chi connectivity index (χ0n) is 28.0.